The number of benzene rings is 3. The number of fused-ring (bicyclic) bond motifs is 2. The van der Waals surface area contributed by atoms with E-state index in [9.17, 15) is 0 Å². The van der Waals surface area contributed by atoms with Gasteiger partial charge < -0.3 is 0 Å². The molecular weight excluding hydrogens is 438 g/mol. The van der Waals surface area contributed by atoms with Gasteiger partial charge in [0.1, 0.15) is 5.82 Å². The van der Waals surface area contributed by atoms with Gasteiger partial charge in [0.05, 0.1) is 0 Å². The average molecular weight is 466 g/mol. The van der Waals surface area contributed by atoms with Gasteiger partial charge >= 0.3 is 0 Å². The predicted octanol–water partition coefficient (Wildman–Crippen LogP) is 7.73. The Balaban J connectivity index is 1.26. The van der Waals surface area contributed by atoms with Crippen LogP contribution in [0.4, 0.5) is 0 Å². The van der Waals surface area contributed by atoms with Gasteiger partial charge in [-0.15, -0.1) is 0 Å². The van der Waals surface area contributed by atoms with Gasteiger partial charge in [-0.1, -0.05) is 73.7 Å². The van der Waals surface area contributed by atoms with Gasteiger partial charge in [-0.3, -0.25) is 0 Å². The monoisotopic (exact) mass is 465 g/mol. The smallest absolute Gasteiger partial charge is 0.212 e. The third kappa shape index (κ3) is 3.20. The van der Waals surface area contributed by atoms with Crippen molar-refractivity contribution < 1.29 is 0 Å². The topological polar surface area (TPSA) is 38.7 Å². The molecule has 34 heavy (non-hydrogen) atoms. The largest absolute Gasteiger partial charge is 0.226 e. The van der Waals surface area contributed by atoms with E-state index in [2.05, 4.69) is 78.6 Å². The van der Waals surface area contributed by atoms with Crippen molar-refractivity contribution in [3.05, 3.63) is 77.8 Å². The molecule has 1 heterocycles. The molecule has 0 saturated heterocycles. The first-order valence-electron chi connectivity index (χ1n) is 12.6. The zero-order chi connectivity index (χ0) is 22.9. The number of hydrogen-bond donors (Lipinski definition) is 0. The fraction of sp³-hybridized carbons (Fsp3) is 0.367. The molecule has 4 aromatic rings. The van der Waals surface area contributed by atoms with Gasteiger partial charge in [0.25, 0.3) is 0 Å². The Hall–Kier alpha value is -2.78. The van der Waals surface area contributed by atoms with Crippen molar-refractivity contribution in [2.75, 3.05) is 0 Å². The highest BCUT2D eigenvalue weighted by Crippen LogP contribution is 2.64. The van der Waals surface area contributed by atoms with Crippen molar-refractivity contribution in [3.63, 3.8) is 0 Å². The summed E-state index contributed by atoms with van der Waals surface area (Å²) in [5.74, 6) is 4.99. The molecule has 0 aliphatic heterocycles. The van der Waals surface area contributed by atoms with Gasteiger partial charge in [-0.25, -0.2) is 9.97 Å². The highest BCUT2D eigenvalue weighted by Gasteiger charge is 2.58. The Kier molecular flexibility index (Phi) is 4.61. The Morgan fingerprint density at radius 3 is 2.44 bits per heavy atom. The summed E-state index contributed by atoms with van der Waals surface area (Å²) in [5.41, 5.74) is 3.49. The third-order valence-corrected chi connectivity index (χ3v) is 9.04. The first-order chi connectivity index (χ1) is 16.6. The van der Waals surface area contributed by atoms with Crippen LogP contribution in [0, 0.1) is 23.7 Å². The molecule has 5 atom stereocenters. The average Bonchev–Trinajstić information content (AvgIpc) is 3.07. The zero-order valence-corrected chi connectivity index (χ0v) is 20.2. The maximum atomic E-state index is 6.51. The van der Waals surface area contributed by atoms with Crippen LogP contribution in [-0.4, -0.2) is 15.0 Å². The van der Waals surface area contributed by atoms with E-state index in [4.69, 9.17) is 21.6 Å². The molecule has 0 amide bonds. The molecule has 3 nitrogen and oxygen atoms in total. The summed E-state index contributed by atoms with van der Waals surface area (Å²) in [6.45, 7) is 2.41. The Morgan fingerprint density at radius 1 is 0.765 bits per heavy atom. The minimum Gasteiger partial charge on any atom is -0.212 e. The molecule has 1 aromatic heterocycles. The lowest BCUT2D eigenvalue weighted by Gasteiger charge is -2.42. The van der Waals surface area contributed by atoms with Crippen LogP contribution in [0.1, 0.15) is 44.9 Å². The second kappa shape index (κ2) is 7.61. The van der Waals surface area contributed by atoms with Crippen LogP contribution >= 0.6 is 11.6 Å². The molecule has 0 radical (unpaired) electrons. The minimum atomic E-state index is 0.0736. The SMILES string of the molecule is C[C@H]1C[C@@H]2C[C@H]3CC(c4nc(Cl)nc(-c5ccc(-c6cccc7ccccc67)cc5)n4)(CC23)C1. The van der Waals surface area contributed by atoms with Crippen LogP contribution in [0.25, 0.3) is 33.3 Å². The van der Waals surface area contributed by atoms with Crippen LogP contribution in [-0.2, 0) is 5.41 Å². The summed E-state index contributed by atoms with van der Waals surface area (Å²) >= 11 is 6.51. The molecule has 7 rings (SSSR count). The highest BCUT2D eigenvalue weighted by molar-refractivity contribution is 6.28. The molecule has 2 unspecified atom stereocenters. The van der Waals surface area contributed by atoms with Crippen LogP contribution in [0.5, 0.6) is 0 Å². The molecule has 3 aliphatic rings. The first-order valence-corrected chi connectivity index (χ1v) is 13.0. The van der Waals surface area contributed by atoms with Crippen LogP contribution in [0.2, 0.25) is 5.28 Å². The van der Waals surface area contributed by atoms with Gasteiger partial charge in [0, 0.05) is 11.0 Å². The van der Waals surface area contributed by atoms with Crippen molar-refractivity contribution in [2.24, 2.45) is 23.7 Å². The molecule has 0 N–H and O–H groups in total. The summed E-state index contributed by atoms with van der Waals surface area (Å²) in [4.78, 5) is 14.3. The lowest BCUT2D eigenvalue weighted by molar-refractivity contribution is 0.0777. The van der Waals surface area contributed by atoms with Gasteiger partial charge in [0.15, 0.2) is 5.82 Å². The second-order valence-corrected chi connectivity index (χ2v) is 11.3. The molecule has 0 spiro atoms. The van der Waals surface area contributed by atoms with E-state index < -0.39 is 0 Å². The van der Waals surface area contributed by atoms with E-state index in [1.807, 2.05) is 0 Å². The number of rotatable bonds is 3. The Labute approximate surface area is 205 Å². The standard InChI is InChI=1S/C30H28ClN3/c1-18-13-22-14-23-16-30(15-18,17-26(22)23)28-32-27(33-29(31)34-28)21-11-9-20(10-12-21)25-8-4-6-19-5-2-3-7-24(19)25/h2-12,18,22-23,26H,13-17H2,1H3/t18-,22+,23-,26?,30?/m0/s1. The van der Waals surface area contributed by atoms with Gasteiger partial charge in [-0.2, -0.15) is 4.98 Å². The number of halogens is 1. The number of aromatic nitrogens is 3. The van der Waals surface area contributed by atoms with E-state index in [-0.39, 0.29) is 5.41 Å². The van der Waals surface area contributed by atoms with E-state index in [1.165, 1.54) is 54.0 Å². The Morgan fingerprint density at radius 2 is 1.56 bits per heavy atom. The summed E-state index contributed by atoms with van der Waals surface area (Å²) in [5, 5.41) is 2.84. The van der Waals surface area contributed by atoms with E-state index >= 15 is 0 Å². The van der Waals surface area contributed by atoms with Crippen molar-refractivity contribution in [2.45, 2.75) is 44.4 Å². The summed E-state index contributed by atoms with van der Waals surface area (Å²) in [6.07, 6.45) is 6.39. The molecule has 4 heteroatoms. The van der Waals surface area contributed by atoms with Crippen LogP contribution in [0.15, 0.2) is 66.7 Å². The van der Waals surface area contributed by atoms with E-state index in [0.29, 0.717) is 11.1 Å². The highest BCUT2D eigenvalue weighted by atomic mass is 35.5. The van der Waals surface area contributed by atoms with Gasteiger partial charge in [0.2, 0.25) is 5.28 Å². The van der Waals surface area contributed by atoms with E-state index in [1.54, 1.807) is 0 Å². The van der Waals surface area contributed by atoms with Crippen LogP contribution < -0.4 is 0 Å². The minimum absolute atomic E-state index is 0.0736. The van der Waals surface area contributed by atoms with Crippen LogP contribution in [0.3, 0.4) is 0 Å². The molecule has 3 fully saturated rings. The lowest BCUT2D eigenvalue weighted by Crippen LogP contribution is -2.34. The lowest BCUT2D eigenvalue weighted by atomic mass is 9.63. The summed E-state index contributed by atoms with van der Waals surface area (Å²) < 4.78 is 0. The first kappa shape index (κ1) is 20.6. The molecule has 3 aliphatic carbocycles. The maximum absolute atomic E-state index is 6.51. The van der Waals surface area contributed by atoms with E-state index in [0.717, 1.165) is 35.1 Å². The molecule has 3 aromatic carbocycles. The van der Waals surface area contributed by atoms with Crippen molar-refractivity contribution >= 4 is 22.4 Å². The van der Waals surface area contributed by atoms with Crippen molar-refractivity contribution in [1.82, 2.24) is 15.0 Å². The second-order valence-electron chi connectivity index (χ2n) is 11.0. The quantitative estimate of drug-likeness (QED) is 0.310. The molecule has 170 valence electrons. The number of hydrogen-bond acceptors (Lipinski definition) is 3. The third-order valence-electron chi connectivity index (χ3n) is 8.87. The summed E-state index contributed by atoms with van der Waals surface area (Å²) in [7, 11) is 0. The number of nitrogens with zero attached hydrogens (tertiary/aromatic N) is 3. The summed E-state index contributed by atoms with van der Waals surface area (Å²) in [6, 6.07) is 23.6. The van der Waals surface area contributed by atoms with Crippen molar-refractivity contribution in [3.8, 4) is 22.5 Å². The fourth-order valence-electron chi connectivity index (χ4n) is 7.50. The predicted molar refractivity (Wildman–Crippen MR) is 138 cm³/mol. The molecule has 3 saturated carbocycles. The molecule has 2 bridgehead atoms. The fourth-order valence-corrected chi connectivity index (χ4v) is 7.66. The maximum Gasteiger partial charge on any atom is 0.226 e. The normalized spacial score (nSPS) is 29.6. The zero-order valence-electron chi connectivity index (χ0n) is 19.4. The van der Waals surface area contributed by atoms with Gasteiger partial charge in [-0.05, 0) is 89.3 Å². The van der Waals surface area contributed by atoms with Crippen molar-refractivity contribution in [1.29, 1.82) is 0 Å². The molecular formula is C30H28ClN3. The Bertz CT molecular complexity index is 1390.